The lowest BCUT2D eigenvalue weighted by Crippen LogP contribution is -1.77. The summed E-state index contributed by atoms with van der Waals surface area (Å²) >= 11 is 10.3. The van der Waals surface area contributed by atoms with Crippen molar-refractivity contribution in [3.05, 3.63) is 70.2 Å². The summed E-state index contributed by atoms with van der Waals surface area (Å²) in [5.41, 5.74) is 1.74. The fourth-order valence-electron chi connectivity index (χ4n) is 3.34. The molecule has 0 aliphatic rings. The van der Waals surface area contributed by atoms with Crippen molar-refractivity contribution >= 4 is 71.0 Å². The third kappa shape index (κ3) is 1.79. The molecule has 5 rings (SSSR count). The number of halogens is 2. The molecule has 0 unspecified atom stereocenters. The van der Waals surface area contributed by atoms with Crippen molar-refractivity contribution in [3.8, 4) is 0 Å². The molecule has 110 valence electrons. The second-order valence-electron chi connectivity index (χ2n) is 5.67. The van der Waals surface area contributed by atoms with Crippen molar-refractivity contribution in [1.29, 1.82) is 0 Å². The van der Waals surface area contributed by atoms with Crippen LogP contribution in [0.25, 0.3) is 43.5 Å². The van der Waals surface area contributed by atoms with Crippen molar-refractivity contribution < 1.29 is 4.42 Å². The van der Waals surface area contributed by atoms with Gasteiger partial charge in [-0.15, -0.1) is 0 Å². The van der Waals surface area contributed by atoms with E-state index in [0.29, 0.717) is 0 Å². The van der Waals surface area contributed by atoms with Crippen LogP contribution in [0.15, 0.2) is 69.6 Å². The minimum absolute atomic E-state index is 0.722. The highest BCUT2D eigenvalue weighted by molar-refractivity contribution is 9.10. The van der Waals surface area contributed by atoms with Gasteiger partial charge in [-0.1, -0.05) is 76.1 Å². The molecule has 0 N–H and O–H groups in total. The van der Waals surface area contributed by atoms with Crippen LogP contribution >= 0.6 is 27.5 Å². The summed E-state index contributed by atoms with van der Waals surface area (Å²) < 4.78 is 7.36. The highest BCUT2D eigenvalue weighted by atomic mass is 79.9. The van der Waals surface area contributed by atoms with Gasteiger partial charge in [0.2, 0.25) is 0 Å². The molecule has 0 aliphatic heterocycles. The summed E-state index contributed by atoms with van der Waals surface area (Å²) in [6.45, 7) is 0. The molecule has 1 aromatic heterocycles. The van der Waals surface area contributed by atoms with Gasteiger partial charge in [0.1, 0.15) is 11.2 Å². The van der Waals surface area contributed by atoms with Crippen molar-refractivity contribution in [2.75, 3.05) is 0 Å². The van der Waals surface area contributed by atoms with Crippen LogP contribution in [-0.4, -0.2) is 0 Å². The zero-order chi connectivity index (χ0) is 15.6. The smallest absolute Gasteiger partial charge is 0.144 e. The van der Waals surface area contributed by atoms with Gasteiger partial charge in [-0.25, -0.2) is 0 Å². The van der Waals surface area contributed by atoms with Crippen molar-refractivity contribution in [1.82, 2.24) is 0 Å². The summed E-state index contributed by atoms with van der Waals surface area (Å²) in [5.74, 6) is 0. The van der Waals surface area contributed by atoms with Gasteiger partial charge in [0.25, 0.3) is 0 Å². The largest absolute Gasteiger partial charge is 0.455 e. The second kappa shape index (κ2) is 4.73. The maximum absolute atomic E-state index is 6.58. The number of benzene rings is 4. The predicted molar refractivity (Wildman–Crippen MR) is 101 cm³/mol. The van der Waals surface area contributed by atoms with E-state index in [1.807, 2.05) is 30.3 Å². The maximum Gasteiger partial charge on any atom is 0.144 e. The van der Waals surface area contributed by atoms with Gasteiger partial charge in [0.15, 0.2) is 0 Å². The first-order chi connectivity index (χ1) is 11.2. The number of furan rings is 1. The van der Waals surface area contributed by atoms with E-state index in [1.54, 1.807) is 0 Å². The van der Waals surface area contributed by atoms with E-state index in [-0.39, 0.29) is 0 Å². The van der Waals surface area contributed by atoms with E-state index in [0.717, 1.165) is 53.0 Å². The van der Waals surface area contributed by atoms with Gasteiger partial charge < -0.3 is 4.42 Å². The summed E-state index contributed by atoms with van der Waals surface area (Å²) in [6, 6.07) is 20.5. The van der Waals surface area contributed by atoms with Crippen LogP contribution in [0.4, 0.5) is 0 Å². The molecule has 5 aromatic rings. The molecule has 23 heavy (non-hydrogen) atoms. The Hall–Kier alpha value is -2.03. The standard InChI is InChI=1S/C20H10BrClO/c21-16-10-15-18-17(22)9-11-5-1-2-6-12(11)20(18)23-19(15)14-8-4-3-7-13(14)16/h1-10H. The number of hydrogen-bond donors (Lipinski definition) is 0. The van der Waals surface area contributed by atoms with Gasteiger partial charge >= 0.3 is 0 Å². The number of hydrogen-bond acceptors (Lipinski definition) is 1. The monoisotopic (exact) mass is 380 g/mol. The third-order valence-corrected chi connectivity index (χ3v) is 5.33. The molecule has 0 fully saturated rings. The van der Waals surface area contributed by atoms with E-state index in [2.05, 4.69) is 46.3 Å². The lowest BCUT2D eigenvalue weighted by atomic mass is 10.0. The molecule has 0 saturated carbocycles. The zero-order valence-electron chi connectivity index (χ0n) is 11.9. The van der Waals surface area contributed by atoms with Gasteiger partial charge in [-0.3, -0.25) is 0 Å². The Morgan fingerprint density at radius 1 is 0.739 bits per heavy atom. The van der Waals surface area contributed by atoms with Crippen LogP contribution in [-0.2, 0) is 0 Å². The van der Waals surface area contributed by atoms with E-state index in [9.17, 15) is 0 Å². The Labute approximate surface area is 145 Å². The average molecular weight is 382 g/mol. The lowest BCUT2D eigenvalue weighted by Gasteiger charge is -2.02. The van der Waals surface area contributed by atoms with Crippen LogP contribution in [0.1, 0.15) is 0 Å². The highest BCUT2D eigenvalue weighted by Crippen LogP contribution is 2.43. The summed E-state index contributed by atoms with van der Waals surface area (Å²) in [7, 11) is 0. The number of fused-ring (bicyclic) bond motifs is 7. The third-order valence-electron chi connectivity index (χ3n) is 4.37. The van der Waals surface area contributed by atoms with Gasteiger partial charge in [-0.05, 0) is 22.9 Å². The normalized spacial score (nSPS) is 11.9. The van der Waals surface area contributed by atoms with E-state index < -0.39 is 0 Å². The Balaban J connectivity index is 2.13. The van der Waals surface area contributed by atoms with E-state index in [4.69, 9.17) is 16.0 Å². The molecule has 4 aromatic carbocycles. The van der Waals surface area contributed by atoms with Gasteiger partial charge in [0.05, 0.1) is 5.02 Å². The van der Waals surface area contributed by atoms with Crippen LogP contribution < -0.4 is 0 Å². The van der Waals surface area contributed by atoms with Crippen molar-refractivity contribution in [2.45, 2.75) is 0 Å². The van der Waals surface area contributed by atoms with E-state index in [1.165, 1.54) is 0 Å². The Morgan fingerprint density at radius 3 is 2.26 bits per heavy atom. The first kappa shape index (κ1) is 13.4. The second-order valence-corrected chi connectivity index (χ2v) is 6.93. The molecule has 0 saturated heterocycles. The Kier molecular flexibility index (Phi) is 2.76. The molecule has 0 aliphatic carbocycles. The fourth-order valence-corrected chi connectivity index (χ4v) is 4.22. The quantitative estimate of drug-likeness (QED) is 0.274. The molecule has 3 heteroatoms. The minimum atomic E-state index is 0.722. The molecule has 1 heterocycles. The van der Waals surface area contributed by atoms with Crippen molar-refractivity contribution in [2.24, 2.45) is 0 Å². The summed E-state index contributed by atoms with van der Waals surface area (Å²) in [6.07, 6.45) is 0. The summed E-state index contributed by atoms with van der Waals surface area (Å²) in [4.78, 5) is 0. The van der Waals surface area contributed by atoms with Crippen molar-refractivity contribution in [3.63, 3.8) is 0 Å². The molecule has 1 nitrogen and oxygen atoms in total. The number of rotatable bonds is 0. The van der Waals surface area contributed by atoms with E-state index >= 15 is 0 Å². The first-order valence-electron chi connectivity index (χ1n) is 7.35. The van der Waals surface area contributed by atoms with Gasteiger partial charge in [-0.2, -0.15) is 0 Å². The molecule has 0 bridgehead atoms. The Morgan fingerprint density at radius 2 is 1.43 bits per heavy atom. The van der Waals surface area contributed by atoms with Gasteiger partial charge in [0, 0.05) is 26.0 Å². The van der Waals surface area contributed by atoms with Crippen LogP contribution in [0, 0.1) is 0 Å². The van der Waals surface area contributed by atoms with Crippen LogP contribution in [0.2, 0.25) is 5.02 Å². The summed E-state index contributed by atoms with van der Waals surface area (Å²) in [5, 5.41) is 7.15. The molecule has 0 atom stereocenters. The average Bonchev–Trinajstić information content (AvgIpc) is 2.96. The molecule has 0 radical (unpaired) electrons. The Bertz CT molecular complexity index is 1240. The lowest BCUT2D eigenvalue weighted by molar-refractivity contribution is 0.676. The van der Waals surface area contributed by atoms with Crippen LogP contribution in [0.3, 0.4) is 0 Å². The van der Waals surface area contributed by atoms with Crippen LogP contribution in [0.5, 0.6) is 0 Å². The zero-order valence-corrected chi connectivity index (χ0v) is 14.3. The first-order valence-corrected chi connectivity index (χ1v) is 8.52. The molecule has 0 spiro atoms. The maximum atomic E-state index is 6.58. The highest BCUT2D eigenvalue weighted by Gasteiger charge is 2.17. The predicted octanol–water partition coefficient (Wildman–Crippen LogP) is 7.31. The fraction of sp³-hybridized carbons (Fsp3) is 0. The molecular weight excluding hydrogens is 372 g/mol. The topological polar surface area (TPSA) is 13.1 Å². The molecular formula is C20H10BrClO. The minimum Gasteiger partial charge on any atom is -0.455 e. The SMILES string of the molecule is Clc1cc2ccccc2c2oc3c4ccccc4c(Br)cc3c12. The molecule has 0 amide bonds.